The molecule has 2 rings (SSSR count). The van der Waals surface area contributed by atoms with Gasteiger partial charge in [0.15, 0.2) is 0 Å². The number of hydrogen-bond acceptors (Lipinski definition) is 4. The van der Waals surface area contributed by atoms with Gasteiger partial charge in [0.25, 0.3) is 0 Å². The van der Waals surface area contributed by atoms with Crippen molar-refractivity contribution in [2.45, 2.75) is 65.3 Å². The van der Waals surface area contributed by atoms with E-state index in [-0.39, 0.29) is 5.54 Å². The highest BCUT2D eigenvalue weighted by Gasteiger charge is 2.31. The first-order valence-corrected chi connectivity index (χ1v) is 7.77. The summed E-state index contributed by atoms with van der Waals surface area (Å²) in [7, 11) is 2.14. The lowest BCUT2D eigenvalue weighted by molar-refractivity contribution is 0.466. The Bertz CT molecular complexity index is 478. The van der Waals surface area contributed by atoms with E-state index in [9.17, 15) is 0 Å². The second-order valence-corrected chi connectivity index (χ2v) is 6.41. The highest BCUT2D eigenvalue weighted by molar-refractivity contribution is 5.59. The van der Waals surface area contributed by atoms with Crippen LogP contribution >= 0.6 is 0 Å². The minimum atomic E-state index is 0.101. The summed E-state index contributed by atoms with van der Waals surface area (Å²) in [5.41, 5.74) is 1.25. The predicted molar refractivity (Wildman–Crippen MR) is 85.7 cm³/mol. The zero-order valence-electron chi connectivity index (χ0n) is 13.7. The molecule has 0 saturated heterocycles. The van der Waals surface area contributed by atoms with E-state index in [1.54, 1.807) is 0 Å². The largest absolute Gasteiger partial charge is 0.370 e. The molecular formula is C16H28N4. The molecule has 1 fully saturated rings. The minimum Gasteiger partial charge on any atom is -0.370 e. The van der Waals surface area contributed by atoms with Crippen molar-refractivity contribution < 1.29 is 0 Å². The van der Waals surface area contributed by atoms with Crippen LogP contribution in [0.4, 0.5) is 11.6 Å². The lowest BCUT2D eigenvalue weighted by Crippen LogP contribution is -2.41. The fraction of sp³-hybridized carbons (Fsp3) is 0.750. The predicted octanol–water partition coefficient (Wildman–Crippen LogP) is 3.72. The van der Waals surface area contributed by atoms with Crippen LogP contribution in [0.25, 0.3) is 0 Å². The van der Waals surface area contributed by atoms with Crippen LogP contribution in [0.15, 0.2) is 0 Å². The highest BCUT2D eigenvalue weighted by Crippen LogP contribution is 2.40. The maximum absolute atomic E-state index is 4.87. The molecule has 4 nitrogen and oxygen atoms in total. The molecule has 1 N–H and O–H groups in total. The van der Waals surface area contributed by atoms with Crippen LogP contribution in [-0.4, -0.2) is 29.1 Å². The van der Waals surface area contributed by atoms with Crippen LogP contribution in [0.2, 0.25) is 0 Å². The molecule has 1 aliphatic rings. The van der Waals surface area contributed by atoms with Crippen molar-refractivity contribution in [3.8, 4) is 0 Å². The lowest BCUT2D eigenvalue weighted by atomic mass is 9.99. The second-order valence-electron chi connectivity index (χ2n) is 6.41. The maximum atomic E-state index is 4.87. The summed E-state index contributed by atoms with van der Waals surface area (Å²) in [5, 5.41) is 3.39. The normalized spacial score (nSPS) is 15.3. The quantitative estimate of drug-likeness (QED) is 0.859. The molecule has 112 valence electrons. The Balaban J connectivity index is 2.44. The Kier molecular flexibility index (Phi) is 4.21. The van der Waals surface area contributed by atoms with E-state index >= 15 is 0 Å². The fourth-order valence-corrected chi connectivity index (χ4v) is 2.24. The number of nitrogens with zero attached hydrogens (tertiary/aromatic N) is 3. The Morgan fingerprint density at radius 2 is 1.90 bits per heavy atom. The van der Waals surface area contributed by atoms with E-state index in [0.29, 0.717) is 5.92 Å². The third-order valence-electron chi connectivity index (χ3n) is 4.52. The number of anilines is 2. The van der Waals surface area contributed by atoms with Crippen molar-refractivity contribution in [3.63, 3.8) is 0 Å². The van der Waals surface area contributed by atoms with Gasteiger partial charge in [0.1, 0.15) is 17.5 Å². The number of hydrogen-bond donors (Lipinski definition) is 1. The molecule has 0 spiro atoms. The molecule has 1 saturated carbocycles. The molecule has 20 heavy (non-hydrogen) atoms. The standard InChI is InChI=1S/C16H28N4/c1-7-16(4,5)20(6)15-11(3)13(17-8-2)18-14(19-15)12-9-10-12/h12H,7-10H2,1-6H3,(H,17,18,19). The molecule has 0 aromatic carbocycles. The SMILES string of the molecule is CCNc1nc(C2CC2)nc(N(C)C(C)(C)CC)c1C. The molecule has 0 amide bonds. The third-order valence-corrected chi connectivity index (χ3v) is 4.52. The molecule has 1 aliphatic carbocycles. The van der Waals surface area contributed by atoms with Gasteiger partial charge in [0, 0.05) is 30.6 Å². The average molecular weight is 276 g/mol. The van der Waals surface area contributed by atoms with Gasteiger partial charge < -0.3 is 10.2 Å². The molecule has 0 bridgehead atoms. The number of nitrogens with one attached hydrogen (secondary N) is 1. The Hall–Kier alpha value is -1.32. The van der Waals surface area contributed by atoms with Crippen LogP contribution in [0.1, 0.15) is 64.3 Å². The Labute approximate surface area is 123 Å². The van der Waals surface area contributed by atoms with Crippen molar-refractivity contribution in [1.82, 2.24) is 9.97 Å². The zero-order valence-corrected chi connectivity index (χ0v) is 13.7. The molecule has 0 atom stereocenters. The van der Waals surface area contributed by atoms with Crippen LogP contribution in [0.5, 0.6) is 0 Å². The van der Waals surface area contributed by atoms with Gasteiger partial charge in [0.2, 0.25) is 0 Å². The van der Waals surface area contributed by atoms with Gasteiger partial charge in [-0.05, 0) is 47.0 Å². The van der Waals surface area contributed by atoms with Gasteiger partial charge in [-0.15, -0.1) is 0 Å². The van der Waals surface area contributed by atoms with Crippen LogP contribution in [-0.2, 0) is 0 Å². The highest BCUT2D eigenvalue weighted by atomic mass is 15.2. The van der Waals surface area contributed by atoms with E-state index in [2.05, 4.69) is 51.9 Å². The molecule has 4 heteroatoms. The van der Waals surface area contributed by atoms with Gasteiger partial charge >= 0.3 is 0 Å². The lowest BCUT2D eigenvalue weighted by Gasteiger charge is -2.37. The minimum absolute atomic E-state index is 0.101. The summed E-state index contributed by atoms with van der Waals surface area (Å²) in [6.07, 6.45) is 3.55. The summed E-state index contributed by atoms with van der Waals surface area (Å²) in [5.74, 6) is 3.66. The van der Waals surface area contributed by atoms with Gasteiger partial charge in [-0.1, -0.05) is 6.92 Å². The molecule has 1 aromatic heterocycles. The van der Waals surface area contributed by atoms with Crippen molar-refractivity contribution in [3.05, 3.63) is 11.4 Å². The van der Waals surface area contributed by atoms with Crippen molar-refractivity contribution >= 4 is 11.6 Å². The number of aromatic nitrogens is 2. The van der Waals surface area contributed by atoms with E-state index in [1.807, 2.05) is 0 Å². The summed E-state index contributed by atoms with van der Waals surface area (Å²) >= 11 is 0. The Morgan fingerprint density at radius 3 is 2.40 bits per heavy atom. The van der Waals surface area contributed by atoms with E-state index < -0.39 is 0 Å². The second kappa shape index (κ2) is 5.58. The fourth-order valence-electron chi connectivity index (χ4n) is 2.24. The van der Waals surface area contributed by atoms with Crippen molar-refractivity contribution in [2.24, 2.45) is 0 Å². The first kappa shape index (κ1) is 15.1. The topological polar surface area (TPSA) is 41.1 Å². The summed E-state index contributed by atoms with van der Waals surface area (Å²) in [6, 6.07) is 0. The van der Waals surface area contributed by atoms with E-state index in [1.165, 1.54) is 12.8 Å². The van der Waals surface area contributed by atoms with E-state index in [0.717, 1.165) is 36.0 Å². The molecular weight excluding hydrogens is 248 g/mol. The van der Waals surface area contributed by atoms with Crippen LogP contribution in [0, 0.1) is 6.92 Å². The summed E-state index contributed by atoms with van der Waals surface area (Å²) in [4.78, 5) is 11.9. The molecule has 0 aliphatic heterocycles. The Morgan fingerprint density at radius 1 is 1.25 bits per heavy atom. The van der Waals surface area contributed by atoms with Crippen LogP contribution in [0.3, 0.4) is 0 Å². The van der Waals surface area contributed by atoms with Crippen LogP contribution < -0.4 is 10.2 Å². The van der Waals surface area contributed by atoms with Gasteiger partial charge in [-0.2, -0.15) is 0 Å². The van der Waals surface area contributed by atoms with Gasteiger partial charge in [-0.3, -0.25) is 0 Å². The zero-order chi connectivity index (χ0) is 14.9. The first-order chi connectivity index (χ1) is 9.40. The smallest absolute Gasteiger partial charge is 0.137 e. The molecule has 0 unspecified atom stereocenters. The molecule has 0 radical (unpaired) electrons. The van der Waals surface area contributed by atoms with Gasteiger partial charge in [-0.25, -0.2) is 9.97 Å². The van der Waals surface area contributed by atoms with Crippen molar-refractivity contribution in [1.29, 1.82) is 0 Å². The maximum Gasteiger partial charge on any atom is 0.137 e. The summed E-state index contributed by atoms with van der Waals surface area (Å²) < 4.78 is 0. The average Bonchev–Trinajstić information content (AvgIpc) is 3.25. The molecule has 1 aromatic rings. The first-order valence-electron chi connectivity index (χ1n) is 7.77. The van der Waals surface area contributed by atoms with Crippen molar-refractivity contribution in [2.75, 3.05) is 23.8 Å². The summed E-state index contributed by atoms with van der Waals surface area (Å²) in [6.45, 7) is 11.9. The van der Waals surface area contributed by atoms with E-state index in [4.69, 9.17) is 9.97 Å². The van der Waals surface area contributed by atoms with Gasteiger partial charge in [0.05, 0.1) is 0 Å². The monoisotopic (exact) mass is 276 g/mol. The number of rotatable bonds is 6. The third kappa shape index (κ3) is 2.89. The molecule has 1 heterocycles.